The highest BCUT2D eigenvalue weighted by atomic mass is 31.1. The standard InChI is InChI=1S/C15H17N2O3P/c18-9-12-8-14(20-10-11-4-2-1-3-5-11)15(19)17(16-12)21-13-6-7-13/h1-5,8,13,18,21H,6-7,9-10H2. The number of rotatable bonds is 6. The molecule has 1 N–H and O–H groups in total. The molecule has 3 rings (SSSR count). The molecule has 1 aliphatic carbocycles. The van der Waals surface area contributed by atoms with Crippen LogP contribution in [0.25, 0.3) is 0 Å². The predicted molar refractivity (Wildman–Crippen MR) is 81.9 cm³/mol. The first-order valence-electron chi connectivity index (χ1n) is 6.93. The SMILES string of the molecule is O=c1c(OCc2ccccc2)cc(CO)nn1PC1CC1. The minimum Gasteiger partial charge on any atom is -0.483 e. The maximum absolute atomic E-state index is 12.3. The van der Waals surface area contributed by atoms with Crippen molar-refractivity contribution in [2.75, 3.05) is 0 Å². The Morgan fingerprint density at radius 1 is 1.33 bits per heavy atom. The minimum atomic E-state index is -0.214. The summed E-state index contributed by atoms with van der Waals surface area (Å²) in [5.41, 5.74) is 1.81. The Bertz CT molecular complexity index is 668. The summed E-state index contributed by atoms with van der Waals surface area (Å²) in [6.07, 6.45) is 2.30. The number of hydrogen-bond acceptors (Lipinski definition) is 4. The number of aliphatic hydroxyl groups is 1. The van der Waals surface area contributed by atoms with E-state index >= 15 is 0 Å². The van der Waals surface area contributed by atoms with Gasteiger partial charge in [-0.3, -0.25) is 4.79 Å². The van der Waals surface area contributed by atoms with Crippen molar-refractivity contribution in [3.8, 4) is 5.75 Å². The van der Waals surface area contributed by atoms with E-state index < -0.39 is 0 Å². The van der Waals surface area contributed by atoms with Crippen molar-refractivity contribution in [2.45, 2.75) is 31.7 Å². The zero-order chi connectivity index (χ0) is 14.7. The molecule has 1 heterocycles. The van der Waals surface area contributed by atoms with Crippen LogP contribution < -0.4 is 10.3 Å². The van der Waals surface area contributed by atoms with E-state index in [1.807, 2.05) is 30.3 Å². The lowest BCUT2D eigenvalue weighted by molar-refractivity contribution is 0.268. The molecular formula is C15H17N2O3P. The second-order valence-corrected chi connectivity index (χ2v) is 6.55. The molecule has 1 aromatic heterocycles. The van der Waals surface area contributed by atoms with Gasteiger partial charge < -0.3 is 9.84 Å². The normalized spacial score (nSPS) is 14.7. The molecule has 0 amide bonds. The van der Waals surface area contributed by atoms with E-state index in [1.165, 1.54) is 10.5 Å². The smallest absolute Gasteiger partial charge is 0.312 e. The van der Waals surface area contributed by atoms with Crippen LogP contribution in [0.15, 0.2) is 41.2 Å². The van der Waals surface area contributed by atoms with Gasteiger partial charge in [0, 0.05) is 14.8 Å². The summed E-state index contributed by atoms with van der Waals surface area (Å²) in [7, 11) is 0.340. The van der Waals surface area contributed by atoms with E-state index in [9.17, 15) is 9.90 Å². The third-order valence-electron chi connectivity index (χ3n) is 3.21. The van der Waals surface area contributed by atoms with Crippen molar-refractivity contribution in [1.29, 1.82) is 0 Å². The Kier molecular flexibility index (Phi) is 4.32. The van der Waals surface area contributed by atoms with Gasteiger partial charge in [-0.05, 0) is 24.1 Å². The van der Waals surface area contributed by atoms with Gasteiger partial charge in [0.1, 0.15) is 6.61 Å². The number of ether oxygens (including phenoxy) is 1. The molecule has 1 atom stereocenters. The Balaban J connectivity index is 1.81. The van der Waals surface area contributed by atoms with E-state index in [0.29, 0.717) is 26.7 Å². The summed E-state index contributed by atoms with van der Waals surface area (Å²) in [6, 6.07) is 11.2. The number of benzene rings is 1. The third-order valence-corrected chi connectivity index (χ3v) is 4.70. The van der Waals surface area contributed by atoms with Gasteiger partial charge in [0.2, 0.25) is 0 Å². The Labute approximate surface area is 124 Å². The number of nitrogens with zero attached hydrogens (tertiary/aromatic N) is 2. The van der Waals surface area contributed by atoms with Crippen molar-refractivity contribution in [1.82, 2.24) is 9.55 Å². The molecule has 1 unspecified atom stereocenters. The molecule has 0 aliphatic heterocycles. The summed E-state index contributed by atoms with van der Waals surface area (Å²) in [4.78, 5) is 12.3. The van der Waals surface area contributed by atoms with Crippen LogP contribution in [-0.2, 0) is 13.2 Å². The van der Waals surface area contributed by atoms with Crippen LogP contribution in [0.3, 0.4) is 0 Å². The van der Waals surface area contributed by atoms with Crippen LogP contribution in [0.2, 0.25) is 0 Å². The highest BCUT2D eigenvalue weighted by molar-refractivity contribution is 7.37. The molecule has 21 heavy (non-hydrogen) atoms. The van der Waals surface area contributed by atoms with E-state index in [4.69, 9.17) is 4.74 Å². The maximum Gasteiger partial charge on any atom is 0.312 e. The molecule has 1 aliphatic rings. The van der Waals surface area contributed by atoms with Crippen molar-refractivity contribution >= 4 is 8.73 Å². The van der Waals surface area contributed by atoms with Crippen LogP contribution in [0.1, 0.15) is 24.1 Å². The lowest BCUT2D eigenvalue weighted by Gasteiger charge is -2.10. The first-order valence-corrected chi connectivity index (χ1v) is 7.96. The van der Waals surface area contributed by atoms with E-state index in [0.717, 1.165) is 18.4 Å². The number of hydrogen-bond donors (Lipinski definition) is 1. The monoisotopic (exact) mass is 304 g/mol. The molecule has 1 aromatic carbocycles. The highest BCUT2D eigenvalue weighted by Gasteiger charge is 2.24. The molecule has 0 radical (unpaired) electrons. The van der Waals surface area contributed by atoms with Gasteiger partial charge in [-0.1, -0.05) is 30.3 Å². The Morgan fingerprint density at radius 2 is 2.10 bits per heavy atom. The third kappa shape index (κ3) is 3.69. The second-order valence-electron chi connectivity index (χ2n) is 5.05. The average molecular weight is 304 g/mol. The average Bonchev–Trinajstić information content (AvgIpc) is 3.33. The minimum absolute atomic E-state index is 0.197. The molecule has 1 fully saturated rings. The second kappa shape index (κ2) is 6.37. The Morgan fingerprint density at radius 3 is 2.76 bits per heavy atom. The van der Waals surface area contributed by atoms with Crippen LogP contribution in [0.5, 0.6) is 5.75 Å². The van der Waals surface area contributed by atoms with Gasteiger partial charge >= 0.3 is 5.56 Å². The summed E-state index contributed by atoms with van der Waals surface area (Å²) < 4.78 is 7.08. The summed E-state index contributed by atoms with van der Waals surface area (Å²) in [5, 5.41) is 13.5. The van der Waals surface area contributed by atoms with E-state index in [1.54, 1.807) is 0 Å². The fourth-order valence-corrected chi connectivity index (χ4v) is 3.09. The fourth-order valence-electron chi connectivity index (χ4n) is 1.91. The van der Waals surface area contributed by atoms with Crippen LogP contribution in [0, 0.1) is 0 Å². The van der Waals surface area contributed by atoms with Crippen molar-refractivity contribution in [3.63, 3.8) is 0 Å². The number of aromatic nitrogens is 2. The maximum atomic E-state index is 12.3. The molecule has 0 spiro atoms. The quantitative estimate of drug-likeness (QED) is 0.828. The lowest BCUT2D eigenvalue weighted by Crippen LogP contribution is -2.21. The van der Waals surface area contributed by atoms with Gasteiger partial charge in [0.15, 0.2) is 5.75 Å². The topological polar surface area (TPSA) is 64.3 Å². The molecule has 6 heteroatoms. The molecule has 0 bridgehead atoms. The van der Waals surface area contributed by atoms with Crippen LogP contribution in [0.4, 0.5) is 0 Å². The van der Waals surface area contributed by atoms with Crippen molar-refractivity contribution in [3.05, 3.63) is 58.0 Å². The molecule has 5 nitrogen and oxygen atoms in total. The lowest BCUT2D eigenvalue weighted by atomic mass is 10.2. The molecular weight excluding hydrogens is 287 g/mol. The first-order chi connectivity index (χ1) is 10.3. The van der Waals surface area contributed by atoms with E-state index in [2.05, 4.69) is 5.10 Å². The van der Waals surface area contributed by atoms with Crippen LogP contribution >= 0.6 is 8.73 Å². The van der Waals surface area contributed by atoms with Gasteiger partial charge in [0.05, 0.1) is 12.3 Å². The molecule has 0 saturated heterocycles. The Hall–Kier alpha value is -1.71. The summed E-state index contributed by atoms with van der Waals surface area (Å²) >= 11 is 0. The van der Waals surface area contributed by atoms with Crippen molar-refractivity contribution in [2.24, 2.45) is 0 Å². The summed E-state index contributed by atoms with van der Waals surface area (Å²) in [5.74, 6) is 0.256. The van der Waals surface area contributed by atoms with Crippen LogP contribution in [-0.4, -0.2) is 20.3 Å². The highest BCUT2D eigenvalue weighted by Crippen LogP contribution is 2.38. The molecule has 110 valence electrons. The number of aliphatic hydroxyl groups excluding tert-OH is 1. The largest absolute Gasteiger partial charge is 0.483 e. The van der Waals surface area contributed by atoms with Gasteiger partial charge in [0.25, 0.3) is 0 Å². The first kappa shape index (κ1) is 14.2. The zero-order valence-corrected chi connectivity index (χ0v) is 12.5. The van der Waals surface area contributed by atoms with Gasteiger partial charge in [-0.25, -0.2) is 4.45 Å². The molecule has 2 aromatic rings. The van der Waals surface area contributed by atoms with Gasteiger partial charge in [-0.2, -0.15) is 5.10 Å². The van der Waals surface area contributed by atoms with Gasteiger partial charge in [-0.15, -0.1) is 0 Å². The zero-order valence-electron chi connectivity index (χ0n) is 11.5. The molecule has 1 saturated carbocycles. The summed E-state index contributed by atoms with van der Waals surface area (Å²) in [6.45, 7) is 0.134. The predicted octanol–water partition coefficient (Wildman–Crippen LogP) is 1.92. The van der Waals surface area contributed by atoms with E-state index in [-0.39, 0.29) is 17.9 Å². The fraction of sp³-hybridized carbons (Fsp3) is 0.333. The van der Waals surface area contributed by atoms with Crippen molar-refractivity contribution < 1.29 is 9.84 Å².